The maximum atomic E-state index is 5.86. The number of methoxy groups -OCH3 is 1. The van der Waals surface area contributed by atoms with Crippen LogP contribution >= 0.6 is 0 Å². The Kier molecular flexibility index (Phi) is 5.36. The average molecular weight is 412 g/mol. The largest absolute Gasteiger partial charge is 0.497 e. The van der Waals surface area contributed by atoms with Crippen LogP contribution in [-0.4, -0.2) is 20.3 Å². The zero-order chi connectivity index (χ0) is 21.0. The number of anilines is 1. The Morgan fingerprint density at radius 2 is 1.23 bits per heavy atom. The molecule has 0 unspecified atom stereocenters. The molecule has 0 amide bonds. The normalized spacial score (nSPS) is 17.3. The number of benzene rings is 3. The minimum atomic E-state index is 0.687. The van der Waals surface area contributed by atoms with Gasteiger partial charge in [-0.1, -0.05) is 36.4 Å². The number of ether oxygens (including phenoxy) is 3. The molecule has 0 radical (unpaired) electrons. The fraction of sp³-hybridized carbons (Fsp3) is 0.185. The Labute approximate surface area is 183 Å². The van der Waals surface area contributed by atoms with Gasteiger partial charge in [0, 0.05) is 42.1 Å². The molecule has 2 aliphatic rings. The second-order valence-corrected chi connectivity index (χ2v) is 7.60. The first kappa shape index (κ1) is 19.3. The summed E-state index contributed by atoms with van der Waals surface area (Å²) in [5.41, 5.74) is 5.90. The van der Waals surface area contributed by atoms with Gasteiger partial charge in [0.25, 0.3) is 0 Å². The van der Waals surface area contributed by atoms with Gasteiger partial charge in [-0.15, -0.1) is 0 Å². The monoisotopic (exact) mass is 411 g/mol. The number of para-hydroxylation sites is 2. The molecule has 0 N–H and O–H groups in total. The van der Waals surface area contributed by atoms with E-state index in [-0.39, 0.29) is 0 Å². The highest BCUT2D eigenvalue weighted by molar-refractivity contribution is 5.79. The van der Waals surface area contributed by atoms with Crippen LogP contribution in [-0.2, 0) is 0 Å². The Hall–Kier alpha value is -3.66. The maximum Gasteiger partial charge on any atom is 0.126 e. The minimum absolute atomic E-state index is 0.687. The molecule has 156 valence electrons. The van der Waals surface area contributed by atoms with Crippen molar-refractivity contribution in [2.45, 2.75) is 12.8 Å². The van der Waals surface area contributed by atoms with Crippen LogP contribution < -0.4 is 19.1 Å². The number of nitrogens with zero attached hydrogens (tertiary/aromatic N) is 1. The van der Waals surface area contributed by atoms with E-state index in [0.717, 1.165) is 46.9 Å². The molecule has 4 nitrogen and oxygen atoms in total. The third-order valence-electron chi connectivity index (χ3n) is 5.68. The second kappa shape index (κ2) is 8.60. The Bertz CT molecular complexity index is 1060. The fourth-order valence-electron chi connectivity index (χ4n) is 4.07. The molecule has 0 atom stereocenters. The third kappa shape index (κ3) is 4.02. The van der Waals surface area contributed by atoms with E-state index in [1.807, 2.05) is 36.4 Å². The van der Waals surface area contributed by atoms with Crippen LogP contribution in [0.4, 0.5) is 5.69 Å². The first-order valence-electron chi connectivity index (χ1n) is 10.6. The van der Waals surface area contributed by atoms with E-state index in [2.05, 4.69) is 53.7 Å². The Balaban J connectivity index is 1.60. The minimum Gasteiger partial charge on any atom is -0.497 e. The van der Waals surface area contributed by atoms with E-state index in [1.54, 1.807) is 7.11 Å². The van der Waals surface area contributed by atoms with Gasteiger partial charge in [-0.3, -0.25) is 0 Å². The summed E-state index contributed by atoms with van der Waals surface area (Å²) in [5, 5.41) is 0. The summed E-state index contributed by atoms with van der Waals surface area (Å²) in [6.07, 6.45) is 6.20. The van der Waals surface area contributed by atoms with Gasteiger partial charge in [0.2, 0.25) is 0 Å². The van der Waals surface area contributed by atoms with Gasteiger partial charge in [-0.05, 0) is 47.5 Å². The van der Waals surface area contributed by atoms with Gasteiger partial charge in [0.1, 0.15) is 17.2 Å². The quantitative estimate of drug-likeness (QED) is 0.515. The van der Waals surface area contributed by atoms with Crippen molar-refractivity contribution in [2.24, 2.45) is 0 Å². The van der Waals surface area contributed by atoms with E-state index in [9.17, 15) is 0 Å². The zero-order valence-corrected chi connectivity index (χ0v) is 17.6. The predicted molar refractivity (Wildman–Crippen MR) is 125 cm³/mol. The summed E-state index contributed by atoms with van der Waals surface area (Å²) < 4.78 is 17.1. The van der Waals surface area contributed by atoms with Crippen molar-refractivity contribution >= 4 is 16.8 Å². The van der Waals surface area contributed by atoms with E-state index >= 15 is 0 Å². The number of hydrogen-bond acceptors (Lipinski definition) is 4. The third-order valence-corrected chi connectivity index (χ3v) is 5.68. The summed E-state index contributed by atoms with van der Waals surface area (Å²) in [4.78, 5) is 2.22. The topological polar surface area (TPSA) is 30.9 Å². The number of rotatable bonds is 4. The highest BCUT2D eigenvalue weighted by atomic mass is 16.5. The van der Waals surface area contributed by atoms with Crippen LogP contribution in [0.2, 0.25) is 0 Å². The van der Waals surface area contributed by atoms with E-state index < -0.39 is 0 Å². The van der Waals surface area contributed by atoms with Crippen LogP contribution in [0.25, 0.3) is 11.1 Å². The van der Waals surface area contributed by atoms with Gasteiger partial charge in [-0.2, -0.15) is 0 Å². The molecule has 2 heterocycles. The first-order chi connectivity index (χ1) is 15.3. The van der Waals surface area contributed by atoms with Crippen LogP contribution in [0.1, 0.15) is 24.0 Å². The molecular formula is C27H25NO3. The predicted octanol–water partition coefficient (Wildman–Crippen LogP) is 6.15. The lowest BCUT2D eigenvalue weighted by molar-refractivity contribution is 0.316. The zero-order valence-electron chi connectivity index (χ0n) is 17.6. The van der Waals surface area contributed by atoms with Crippen molar-refractivity contribution in [1.82, 2.24) is 0 Å². The lowest BCUT2D eigenvalue weighted by Gasteiger charge is -2.26. The lowest BCUT2D eigenvalue weighted by Crippen LogP contribution is -2.15. The van der Waals surface area contributed by atoms with E-state index in [1.165, 1.54) is 11.1 Å². The van der Waals surface area contributed by atoms with Crippen molar-refractivity contribution in [1.29, 1.82) is 0 Å². The Morgan fingerprint density at radius 3 is 1.74 bits per heavy atom. The van der Waals surface area contributed by atoms with Crippen LogP contribution in [0.5, 0.6) is 17.2 Å². The van der Waals surface area contributed by atoms with Crippen LogP contribution in [0.15, 0.2) is 85.2 Å². The lowest BCUT2D eigenvalue weighted by atomic mass is 9.99. The van der Waals surface area contributed by atoms with Gasteiger partial charge in [0.15, 0.2) is 0 Å². The van der Waals surface area contributed by atoms with Crippen molar-refractivity contribution in [3.63, 3.8) is 0 Å². The fourth-order valence-corrected chi connectivity index (χ4v) is 4.07. The molecule has 0 aromatic heterocycles. The summed E-state index contributed by atoms with van der Waals surface area (Å²) in [7, 11) is 1.69. The van der Waals surface area contributed by atoms with Gasteiger partial charge >= 0.3 is 0 Å². The smallest absolute Gasteiger partial charge is 0.126 e. The first-order valence-corrected chi connectivity index (χ1v) is 10.6. The van der Waals surface area contributed by atoms with Crippen molar-refractivity contribution in [3.05, 3.63) is 96.3 Å². The summed E-state index contributed by atoms with van der Waals surface area (Å²) in [5.74, 6) is 2.73. The molecule has 0 saturated carbocycles. The number of fused-ring (bicyclic) bond motifs is 2. The molecule has 0 fully saturated rings. The van der Waals surface area contributed by atoms with Gasteiger partial charge < -0.3 is 19.1 Å². The van der Waals surface area contributed by atoms with Crippen molar-refractivity contribution in [2.75, 3.05) is 25.2 Å². The maximum absolute atomic E-state index is 5.86. The Morgan fingerprint density at radius 1 is 0.710 bits per heavy atom. The highest BCUT2D eigenvalue weighted by Gasteiger charge is 2.18. The summed E-state index contributed by atoms with van der Waals surface area (Å²) >= 11 is 0. The standard InChI is InChI=1S/C27H25NO3/c1-29-23-12-10-22(11-13-23)28(18-20-14-16-30-26-8-4-2-6-24(20)26)19-21-15-17-31-27-9-5-3-7-25(21)27/h2-13,18-19H,14-17H2,1H3/b20-18-,21-19+. The molecule has 0 bridgehead atoms. The molecule has 3 aromatic carbocycles. The molecule has 31 heavy (non-hydrogen) atoms. The summed E-state index contributed by atoms with van der Waals surface area (Å²) in [6.45, 7) is 1.37. The molecule has 0 spiro atoms. The molecule has 0 saturated heterocycles. The molecule has 3 aromatic rings. The highest BCUT2D eigenvalue weighted by Crippen LogP contribution is 2.36. The summed E-state index contributed by atoms with van der Waals surface area (Å²) in [6, 6.07) is 24.6. The number of hydrogen-bond donors (Lipinski definition) is 0. The van der Waals surface area contributed by atoms with E-state index in [4.69, 9.17) is 14.2 Å². The molecule has 4 heteroatoms. The molecule has 0 aliphatic carbocycles. The molecule has 5 rings (SSSR count). The van der Waals surface area contributed by atoms with Gasteiger partial charge in [-0.25, -0.2) is 0 Å². The van der Waals surface area contributed by atoms with Crippen molar-refractivity contribution < 1.29 is 14.2 Å². The molecular weight excluding hydrogens is 386 g/mol. The molecule has 2 aliphatic heterocycles. The van der Waals surface area contributed by atoms with Gasteiger partial charge in [0.05, 0.1) is 20.3 Å². The van der Waals surface area contributed by atoms with Crippen molar-refractivity contribution in [3.8, 4) is 17.2 Å². The van der Waals surface area contributed by atoms with Crippen LogP contribution in [0.3, 0.4) is 0 Å². The average Bonchev–Trinajstić information content (AvgIpc) is 2.84. The van der Waals surface area contributed by atoms with E-state index in [0.29, 0.717) is 13.2 Å². The van der Waals surface area contributed by atoms with Crippen LogP contribution in [0, 0.1) is 0 Å². The second-order valence-electron chi connectivity index (χ2n) is 7.60. The SMILES string of the molecule is COc1ccc(N(/C=C2/CCOc3ccccc32)/C=C2\CCOc3ccccc32)cc1.